The van der Waals surface area contributed by atoms with E-state index >= 15 is 0 Å². The van der Waals surface area contributed by atoms with Crippen molar-refractivity contribution in [2.45, 2.75) is 18.6 Å². The molecule has 0 aliphatic carbocycles. The van der Waals surface area contributed by atoms with Crippen LogP contribution in [0.2, 0.25) is 0 Å². The Bertz CT molecular complexity index is 525. The maximum absolute atomic E-state index is 11.6. The van der Waals surface area contributed by atoms with E-state index < -0.39 is 36.5 Å². The fourth-order valence-electron chi connectivity index (χ4n) is 1.65. The van der Waals surface area contributed by atoms with Crippen molar-refractivity contribution in [3.8, 4) is 0 Å². The molecule has 10 heteroatoms. The fourth-order valence-corrected chi connectivity index (χ4v) is 1.65. The second kappa shape index (κ2) is 7.47. The van der Waals surface area contributed by atoms with E-state index in [2.05, 4.69) is 25.5 Å². The van der Waals surface area contributed by atoms with Gasteiger partial charge in [-0.2, -0.15) is 0 Å². The summed E-state index contributed by atoms with van der Waals surface area (Å²) >= 11 is 0. The normalized spacial score (nSPS) is 22.4. The molecule has 10 nitrogen and oxygen atoms in total. The third-order valence-corrected chi connectivity index (χ3v) is 2.78. The zero-order chi connectivity index (χ0) is 16.8. The zero-order valence-corrected chi connectivity index (χ0v) is 12.0. The molecule has 2 aliphatic heterocycles. The van der Waals surface area contributed by atoms with E-state index in [1.807, 2.05) is 0 Å². The Labute approximate surface area is 130 Å². The lowest BCUT2D eigenvalue weighted by molar-refractivity contribution is -0.148. The van der Waals surface area contributed by atoms with Crippen LogP contribution < -0.4 is 0 Å². The third kappa shape index (κ3) is 5.16. The van der Waals surface area contributed by atoms with Crippen molar-refractivity contribution in [2.75, 3.05) is 26.4 Å². The number of esters is 2. The molecular formula is C13H14O10. The second-order valence-corrected chi connectivity index (χ2v) is 4.66. The molecule has 0 amide bonds. The molecule has 0 spiro atoms. The van der Waals surface area contributed by atoms with Gasteiger partial charge >= 0.3 is 24.2 Å². The van der Waals surface area contributed by atoms with Crippen LogP contribution in [0.3, 0.4) is 0 Å². The monoisotopic (exact) mass is 330 g/mol. The maximum Gasteiger partial charge on any atom is 0.508 e. The number of carbonyl (C=O) groups is 4. The van der Waals surface area contributed by atoms with Gasteiger partial charge < -0.3 is 28.4 Å². The van der Waals surface area contributed by atoms with Crippen LogP contribution in [-0.2, 0) is 38.0 Å². The Morgan fingerprint density at radius 3 is 2.00 bits per heavy atom. The van der Waals surface area contributed by atoms with Crippen LogP contribution in [0.5, 0.6) is 0 Å². The molecule has 0 saturated carbocycles. The highest BCUT2D eigenvalue weighted by molar-refractivity contribution is 5.93. The minimum atomic E-state index is -0.829. The summed E-state index contributed by atoms with van der Waals surface area (Å²) in [6.07, 6.45) is -3.38. The Kier molecular flexibility index (Phi) is 5.39. The van der Waals surface area contributed by atoms with Gasteiger partial charge in [0.2, 0.25) is 0 Å². The van der Waals surface area contributed by atoms with E-state index in [0.29, 0.717) is 0 Å². The highest BCUT2D eigenvalue weighted by atomic mass is 16.8. The van der Waals surface area contributed by atoms with Crippen LogP contribution in [0.25, 0.3) is 0 Å². The molecule has 2 saturated heterocycles. The summed E-state index contributed by atoms with van der Waals surface area (Å²) in [4.78, 5) is 44.5. The van der Waals surface area contributed by atoms with Crippen molar-refractivity contribution in [3.63, 3.8) is 0 Å². The van der Waals surface area contributed by atoms with Gasteiger partial charge in [-0.05, 0) is 0 Å². The molecule has 2 heterocycles. The number of rotatable bonds is 7. The predicted molar refractivity (Wildman–Crippen MR) is 68.1 cm³/mol. The molecule has 0 N–H and O–H groups in total. The van der Waals surface area contributed by atoms with Crippen molar-refractivity contribution in [1.29, 1.82) is 0 Å². The molecule has 0 bridgehead atoms. The Morgan fingerprint density at radius 1 is 1.00 bits per heavy atom. The molecule has 0 aromatic carbocycles. The lowest BCUT2D eigenvalue weighted by atomic mass is 10.2. The number of carbonyl (C=O) groups excluding carboxylic acids is 4. The minimum Gasteiger partial charge on any atom is -0.461 e. The molecule has 0 aromatic rings. The van der Waals surface area contributed by atoms with Crippen LogP contribution in [0, 0.1) is 0 Å². The lowest BCUT2D eigenvalue weighted by Crippen LogP contribution is -2.23. The predicted octanol–water partition coefficient (Wildman–Crippen LogP) is 0.0899. The first-order valence-corrected chi connectivity index (χ1v) is 6.61. The summed E-state index contributed by atoms with van der Waals surface area (Å²) < 4.78 is 28.0. The van der Waals surface area contributed by atoms with Crippen LogP contribution in [-0.4, -0.2) is 62.9 Å². The first kappa shape index (κ1) is 16.6. The fraction of sp³-hybridized carbons (Fsp3) is 0.538. The van der Waals surface area contributed by atoms with Gasteiger partial charge in [0.05, 0.1) is 6.42 Å². The molecule has 2 unspecified atom stereocenters. The summed E-state index contributed by atoms with van der Waals surface area (Å²) in [6.45, 7) is 3.03. The van der Waals surface area contributed by atoms with Gasteiger partial charge in [0.25, 0.3) is 0 Å². The highest BCUT2D eigenvalue weighted by Crippen LogP contribution is 2.10. The SMILES string of the molecule is C=C(CC(=O)OCC1COC(=O)O1)C(=O)OCC1COC(=O)O1. The molecule has 0 radical (unpaired) electrons. The molecule has 0 aromatic heterocycles. The molecular weight excluding hydrogens is 316 g/mol. The Hall–Kier alpha value is -2.78. The van der Waals surface area contributed by atoms with Crippen LogP contribution >= 0.6 is 0 Å². The first-order chi connectivity index (χ1) is 10.9. The number of cyclic esters (lactones) is 4. The zero-order valence-electron chi connectivity index (χ0n) is 12.0. The number of hydrogen-bond acceptors (Lipinski definition) is 10. The molecule has 2 aliphatic rings. The first-order valence-electron chi connectivity index (χ1n) is 6.61. The molecule has 126 valence electrons. The second-order valence-electron chi connectivity index (χ2n) is 4.66. The summed E-state index contributed by atoms with van der Waals surface area (Å²) in [5.41, 5.74) is -0.125. The van der Waals surface area contributed by atoms with Crippen molar-refractivity contribution < 1.29 is 47.6 Å². The van der Waals surface area contributed by atoms with Crippen LogP contribution in [0.1, 0.15) is 6.42 Å². The molecule has 23 heavy (non-hydrogen) atoms. The molecule has 2 atom stereocenters. The van der Waals surface area contributed by atoms with Crippen LogP contribution in [0.4, 0.5) is 9.59 Å². The van der Waals surface area contributed by atoms with Crippen molar-refractivity contribution in [3.05, 3.63) is 12.2 Å². The lowest BCUT2D eigenvalue weighted by Gasteiger charge is -2.10. The smallest absolute Gasteiger partial charge is 0.461 e. The summed E-state index contributed by atoms with van der Waals surface area (Å²) in [5, 5.41) is 0. The van der Waals surface area contributed by atoms with Gasteiger partial charge in [0, 0.05) is 5.57 Å². The molecule has 2 rings (SSSR count). The average Bonchev–Trinajstić information content (AvgIpc) is 3.11. The van der Waals surface area contributed by atoms with Gasteiger partial charge in [-0.15, -0.1) is 0 Å². The van der Waals surface area contributed by atoms with Crippen molar-refractivity contribution >= 4 is 24.2 Å². The van der Waals surface area contributed by atoms with E-state index in [-0.39, 0.29) is 38.4 Å². The number of hydrogen-bond donors (Lipinski definition) is 0. The quantitative estimate of drug-likeness (QED) is 0.360. The van der Waals surface area contributed by atoms with E-state index in [1.165, 1.54) is 0 Å². The van der Waals surface area contributed by atoms with Gasteiger partial charge in [-0.3, -0.25) is 4.79 Å². The molecule has 2 fully saturated rings. The average molecular weight is 330 g/mol. The van der Waals surface area contributed by atoms with Crippen LogP contribution in [0.15, 0.2) is 12.2 Å². The maximum atomic E-state index is 11.6. The standard InChI is InChI=1S/C13H14O10/c1-7(11(15)19-4-9-6-21-13(17)23-9)2-10(14)18-3-8-5-20-12(16)22-8/h8-9H,1-6H2. The largest absolute Gasteiger partial charge is 0.508 e. The van der Waals surface area contributed by atoms with Crippen molar-refractivity contribution in [1.82, 2.24) is 0 Å². The highest BCUT2D eigenvalue weighted by Gasteiger charge is 2.28. The van der Waals surface area contributed by atoms with E-state index in [1.54, 1.807) is 0 Å². The van der Waals surface area contributed by atoms with Gasteiger partial charge in [-0.25, -0.2) is 14.4 Å². The van der Waals surface area contributed by atoms with Gasteiger partial charge in [0.15, 0.2) is 12.2 Å². The summed E-state index contributed by atoms with van der Waals surface area (Å²) in [6, 6.07) is 0. The van der Waals surface area contributed by atoms with Crippen molar-refractivity contribution in [2.24, 2.45) is 0 Å². The number of ether oxygens (including phenoxy) is 6. The van der Waals surface area contributed by atoms with Gasteiger partial charge in [-0.1, -0.05) is 6.58 Å². The topological polar surface area (TPSA) is 124 Å². The summed E-state index contributed by atoms with van der Waals surface area (Å²) in [7, 11) is 0. The minimum absolute atomic E-state index is 0.00270. The Morgan fingerprint density at radius 2 is 1.52 bits per heavy atom. The van der Waals surface area contributed by atoms with Gasteiger partial charge in [0.1, 0.15) is 26.4 Å². The summed E-state index contributed by atoms with van der Waals surface area (Å²) in [5.74, 6) is -1.55. The van der Waals surface area contributed by atoms with E-state index in [0.717, 1.165) is 0 Å². The van der Waals surface area contributed by atoms with E-state index in [9.17, 15) is 19.2 Å². The van der Waals surface area contributed by atoms with E-state index in [4.69, 9.17) is 9.47 Å². The third-order valence-electron chi connectivity index (χ3n) is 2.78. The Balaban J connectivity index is 1.62.